The van der Waals surface area contributed by atoms with Crippen molar-refractivity contribution in [3.8, 4) is 0 Å². The van der Waals surface area contributed by atoms with E-state index in [0.717, 1.165) is 6.07 Å². The van der Waals surface area contributed by atoms with Crippen LogP contribution >= 0.6 is 11.6 Å². The van der Waals surface area contributed by atoms with Gasteiger partial charge in [0.05, 0.1) is 4.90 Å². The maximum absolute atomic E-state index is 14.6. The molecule has 1 aliphatic carbocycles. The third-order valence-corrected chi connectivity index (χ3v) is 9.31. The topological polar surface area (TPSA) is 46.2 Å². The van der Waals surface area contributed by atoms with Gasteiger partial charge in [-0.2, -0.15) is 26.3 Å². The second kappa shape index (κ2) is 7.58. The number of sulfone groups is 1. The predicted molar refractivity (Wildman–Crippen MR) is 106 cm³/mol. The number of rotatable bonds is 3. The summed E-state index contributed by atoms with van der Waals surface area (Å²) in [7, 11) is -4.16. The third kappa shape index (κ3) is 3.37. The van der Waals surface area contributed by atoms with Crippen LogP contribution in [0.5, 0.6) is 0 Å². The lowest BCUT2D eigenvalue weighted by atomic mass is 9.77. The van der Waals surface area contributed by atoms with Gasteiger partial charge in [-0.05, 0) is 61.2 Å². The van der Waals surface area contributed by atoms with Crippen molar-refractivity contribution >= 4 is 21.4 Å². The number of hydrogen-bond donors (Lipinski definition) is 1. The number of nitrogens with one attached hydrogen (secondary N) is 1. The largest absolute Gasteiger partial charge is 0.435 e. The monoisotopic (exact) mass is 515 g/mol. The summed E-state index contributed by atoms with van der Waals surface area (Å²) in [4.78, 5) is -0.0806. The van der Waals surface area contributed by atoms with Crippen molar-refractivity contribution < 1.29 is 39.2 Å². The van der Waals surface area contributed by atoms with Crippen molar-refractivity contribution in [3.05, 3.63) is 64.2 Å². The van der Waals surface area contributed by atoms with Crippen LogP contribution in [0.4, 0.5) is 30.7 Å². The molecule has 180 valence electrons. The van der Waals surface area contributed by atoms with Gasteiger partial charge in [-0.1, -0.05) is 29.8 Å². The van der Waals surface area contributed by atoms with Gasteiger partial charge >= 0.3 is 18.0 Å². The first-order valence-corrected chi connectivity index (χ1v) is 11.7. The molecule has 1 fully saturated rings. The quantitative estimate of drug-likeness (QED) is 0.541. The van der Waals surface area contributed by atoms with Crippen molar-refractivity contribution in [1.82, 2.24) is 5.32 Å². The molecule has 2 aromatic rings. The molecule has 12 heteroatoms. The van der Waals surface area contributed by atoms with Crippen molar-refractivity contribution in [3.63, 3.8) is 0 Å². The first-order chi connectivity index (χ1) is 15.2. The molecule has 2 atom stereocenters. The molecule has 0 spiro atoms. The number of fused-ring (bicyclic) bond motifs is 3. The van der Waals surface area contributed by atoms with E-state index in [9.17, 15) is 39.2 Å². The Kier molecular flexibility index (Phi) is 5.57. The second-order valence-electron chi connectivity index (χ2n) is 8.17. The molecule has 0 amide bonds. The van der Waals surface area contributed by atoms with Crippen molar-refractivity contribution in [1.29, 1.82) is 0 Å². The SMILES string of the molecule is O=S(=O)(c1ccc(Cl)cc1)C12CCNC1CCc1cc(C(F)(C(F)(F)F)C(F)(F)F)ccc12. The zero-order chi connectivity index (χ0) is 24.4. The molecule has 1 N–H and O–H groups in total. The molecule has 3 nitrogen and oxygen atoms in total. The first-order valence-electron chi connectivity index (χ1n) is 9.86. The number of benzene rings is 2. The lowest BCUT2D eigenvalue weighted by Crippen LogP contribution is -2.51. The third-order valence-electron chi connectivity index (χ3n) is 6.50. The van der Waals surface area contributed by atoms with Gasteiger partial charge in [0.15, 0.2) is 9.84 Å². The summed E-state index contributed by atoms with van der Waals surface area (Å²) in [6.45, 7) is 0.275. The Morgan fingerprint density at radius 1 is 0.939 bits per heavy atom. The minimum atomic E-state index is -6.25. The molecule has 4 rings (SSSR count). The molecular formula is C21H17ClF7NO2S. The van der Waals surface area contributed by atoms with E-state index in [1.54, 1.807) is 0 Å². The molecule has 1 heterocycles. The maximum Gasteiger partial charge on any atom is 0.435 e. The van der Waals surface area contributed by atoms with Crippen LogP contribution in [-0.2, 0) is 26.7 Å². The fourth-order valence-electron chi connectivity index (χ4n) is 4.93. The van der Waals surface area contributed by atoms with Crippen LogP contribution in [-0.4, -0.2) is 33.4 Å². The fourth-order valence-corrected chi connectivity index (χ4v) is 7.41. The number of halogens is 8. The summed E-state index contributed by atoms with van der Waals surface area (Å²) in [6, 6.07) is 6.51. The summed E-state index contributed by atoms with van der Waals surface area (Å²) in [5.41, 5.74) is -7.18. The van der Waals surface area contributed by atoms with Gasteiger partial charge in [0.2, 0.25) is 0 Å². The molecule has 0 saturated carbocycles. The summed E-state index contributed by atoms with van der Waals surface area (Å²) < 4.78 is 120. The van der Waals surface area contributed by atoms with Gasteiger partial charge in [-0.3, -0.25) is 0 Å². The summed E-state index contributed by atoms with van der Waals surface area (Å²) in [5, 5.41) is 3.37. The Labute approximate surface area is 189 Å². The Morgan fingerprint density at radius 3 is 2.12 bits per heavy atom. The second-order valence-corrected chi connectivity index (χ2v) is 10.8. The standard InChI is InChI=1S/C21H17ClF7NO2S/c22-14-3-5-15(6-4-14)33(31,32)18-9-10-30-17(18)8-1-12-11-13(2-7-16(12)18)19(23,20(24,25)26)21(27,28)29/h2-7,11,17,30H,1,8-10H2. The minimum absolute atomic E-state index is 0.00940. The molecule has 1 saturated heterocycles. The summed E-state index contributed by atoms with van der Waals surface area (Å²) in [6.07, 6.45) is -12.3. The van der Waals surface area contributed by atoms with Gasteiger partial charge in [0.25, 0.3) is 0 Å². The van der Waals surface area contributed by atoms with Gasteiger partial charge in [0.1, 0.15) is 4.75 Å². The van der Waals surface area contributed by atoms with Gasteiger partial charge in [-0.15, -0.1) is 0 Å². The van der Waals surface area contributed by atoms with Crippen LogP contribution in [0.2, 0.25) is 5.02 Å². The van der Waals surface area contributed by atoms with E-state index < -0.39 is 44.2 Å². The van der Waals surface area contributed by atoms with Crippen LogP contribution in [0.15, 0.2) is 47.4 Å². The van der Waals surface area contributed by atoms with Crippen LogP contribution in [0.25, 0.3) is 0 Å². The Morgan fingerprint density at radius 2 is 1.55 bits per heavy atom. The van der Waals surface area contributed by atoms with E-state index in [2.05, 4.69) is 5.32 Å². The Bertz CT molecular complexity index is 1160. The van der Waals surface area contributed by atoms with Gasteiger partial charge in [0, 0.05) is 16.6 Å². The first kappa shape index (κ1) is 24.3. The van der Waals surface area contributed by atoms with Gasteiger partial charge in [-0.25, -0.2) is 12.8 Å². The lowest BCUT2D eigenvalue weighted by molar-refractivity contribution is -0.348. The minimum Gasteiger partial charge on any atom is -0.312 e. The summed E-state index contributed by atoms with van der Waals surface area (Å²) in [5.74, 6) is 0. The number of alkyl halides is 7. The molecule has 0 bridgehead atoms. The maximum atomic E-state index is 14.6. The molecule has 2 aliphatic rings. The number of hydrogen-bond acceptors (Lipinski definition) is 3. The highest BCUT2D eigenvalue weighted by molar-refractivity contribution is 7.92. The van der Waals surface area contributed by atoms with E-state index in [1.807, 2.05) is 0 Å². The molecule has 2 aromatic carbocycles. The zero-order valence-corrected chi connectivity index (χ0v) is 18.3. The predicted octanol–water partition coefficient (Wildman–Crippen LogP) is 5.61. The Balaban J connectivity index is 1.92. The fraction of sp³-hybridized carbons (Fsp3) is 0.429. The molecule has 0 radical (unpaired) electrons. The average molecular weight is 516 g/mol. The zero-order valence-electron chi connectivity index (χ0n) is 16.7. The van der Waals surface area contributed by atoms with Gasteiger partial charge < -0.3 is 5.32 Å². The van der Waals surface area contributed by atoms with Crippen LogP contribution in [0.3, 0.4) is 0 Å². The highest BCUT2D eigenvalue weighted by Crippen LogP contribution is 2.55. The van der Waals surface area contributed by atoms with E-state index in [-0.39, 0.29) is 41.8 Å². The highest BCUT2D eigenvalue weighted by atomic mass is 35.5. The molecular weight excluding hydrogens is 499 g/mol. The van der Waals surface area contributed by atoms with E-state index >= 15 is 0 Å². The van der Waals surface area contributed by atoms with E-state index in [4.69, 9.17) is 11.6 Å². The molecule has 2 unspecified atom stereocenters. The number of aryl methyl sites for hydroxylation is 1. The van der Waals surface area contributed by atoms with Crippen molar-refractivity contribution in [2.75, 3.05) is 6.54 Å². The van der Waals surface area contributed by atoms with Crippen molar-refractivity contribution in [2.24, 2.45) is 0 Å². The van der Waals surface area contributed by atoms with Crippen LogP contribution < -0.4 is 5.32 Å². The van der Waals surface area contributed by atoms with Crippen molar-refractivity contribution in [2.45, 2.75) is 53.0 Å². The van der Waals surface area contributed by atoms with Crippen LogP contribution in [0.1, 0.15) is 29.5 Å². The van der Waals surface area contributed by atoms with E-state index in [0.29, 0.717) is 17.2 Å². The Hall–Kier alpha value is -1.85. The normalized spacial score (nSPS) is 23.8. The molecule has 33 heavy (non-hydrogen) atoms. The molecule has 0 aromatic heterocycles. The smallest absolute Gasteiger partial charge is 0.312 e. The van der Waals surface area contributed by atoms with Crippen LogP contribution in [0, 0.1) is 0 Å². The van der Waals surface area contributed by atoms with E-state index in [1.165, 1.54) is 24.3 Å². The molecule has 1 aliphatic heterocycles. The highest BCUT2D eigenvalue weighted by Gasteiger charge is 2.73. The average Bonchev–Trinajstić information content (AvgIpc) is 3.17. The summed E-state index contributed by atoms with van der Waals surface area (Å²) >= 11 is 5.85. The lowest BCUT2D eigenvalue weighted by Gasteiger charge is -2.41.